The minimum Gasteiger partial charge on any atom is -0.354 e. The molecule has 4 N–H and O–H groups in total. The van der Waals surface area contributed by atoms with Crippen molar-refractivity contribution in [3.63, 3.8) is 0 Å². The van der Waals surface area contributed by atoms with E-state index in [1.165, 1.54) is 0 Å². The second-order valence-electron chi connectivity index (χ2n) is 3.84. The van der Waals surface area contributed by atoms with Crippen molar-refractivity contribution in [2.75, 3.05) is 19.6 Å². The summed E-state index contributed by atoms with van der Waals surface area (Å²) in [6.45, 7) is 2.69. The van der Waals surface area contributed by atoms with Crippen LogP contribution in [0.4, 0.5) is 0 Å². The Balaban J connectivity index is 2.14. The van der Waals surface area contributed by atoms with Crippen molar-refractivity contribution in [3.8, 4) is 0 Å². The zero-order valence-corrected chi connectivity index (χ0v) is 7.10. The zero-order chi connectivity index (χ0) is 8.60. The van der Waals surface area contributed by atoms with Crippen LogP contribution in [-0.4, -0.2) is 31.6 Å². The summed E-state index contributed by atoms with van der Waals surface area (Å²) in [7, 11) is 0. The maximum Gasteiger partial charge on any atom is 0.237 e. The van der Waals surface area contributed by atoms with Gasteiger partial charge in [-0.2, -0.15) is 0 Å². The Kier molecular flexibility index (Phi) is 1.81. The molecule has 0 radical (unpaired) electrons. The Bertz CT molecular complexity index is 198. The largest absolute Gasteiger partial charge is 0.354 e. The van der Waals surface area contributed by atoms with Gasteiger partial charge in [-0.05, 0) is 19.4 Å². The van der Waals surface area contributed by atoms with E-state index in [1.54, 1.807) is 0 Å². The first kappa shape index (κ1) is 8.01. The molecule has 0 aromatic rings. The standard InChI is InChI=1S/C8H15N3O/c9-6-7(12)11-5-8(6)2-1-3-10-4-8/h6,10H,1-5,9H2,(H,11,12). The molecule has 4 heteroatoms. The van der Waals surface area contributed by atoms with Crippen LogP contribution in [0.25, 0.3) is 0 Å². The summed E-state index contributed by atoms with van der Waals surface area (Å²) in [6.07, 6.45) is 2.20. The molecule has 4 nitrogen and oxygen atoms in total. The summed E-state index contributed by atoms with van der Waals surface area (Å²) in [6, 6.07) is -0.301. The molecule has 2 aliphatic heterocycles. The minimum absolute atomic E-state index is 0.00926. The lowest BCUT2D eigenvalue weighted by Crippen LogP contribution is -2.51. The second kappa shape index (κ2) is 2.71. The summed E-state index contributed by atoms with van der Waals surface area (Å²) >= 11 is 0. The van der Waals surface area contributed by atoms with E-state index in [0.29, 0.717) is 0 Å². The van der Waals surface area contributed by atoms with Gasteiger partial charge in [-0.25, -0.2) is 0 Å². The van der Waals surface area contributed by atoms with Crippen LogP contribution in [0.5, 0.6) is 0 Å². The predicted molar refractivity (Wildman–Crippen MR) is 45.5 cm³/mol. The Morgan fingerprint density at radius 3 is 2.83 bits per heavy atom. The third kappa shape index (κ3) is 1.03. The van der Waals surface area contributed by atoms with Crippen molar-refractivity contribution >= 4 is 5.91 Å². The lowest BCUT2D eigenvalue weighted by molar-refractivity contribution is -0.121. The molecule has 2 fully saturated rings. The molecular formula is C8H15N3O. The third-order valence-corrected chi connectivity index (χ3v) is 3.06. The van der Waals surface area contributed by atoms with E-state index in [0.717, 1.165) is 32.5 Å². The molecule has 1 amide bonds. The van der Waals surface area contributed by atoms with Gasteiger partial charge < -0.3 is 16.4 Å². The minimum atomic E-state index is -0.301. The van der Waals surface area contributed by atoms with Crippen LogP contribution in [0.3, 0.4) is 0 Å². The fraction of sp³-hybridized carbons (Fsp3) is 0.875. The third-order valence-electron chi connectivity index (χ3n) is 3.06. The molecule has 0 saturated carbocycles. The predicted octanol–water partition coefficient (Wildman–Crippen LogP) is -1.19. The van der Waals surface area contributed by atoms with Gasteiger partial charge >= 0.3 is 0 Å². The maximum atomic E-state index is 11.2. The topological polar surface area (TPSA) is 67.2 Å². The van der Waals surface area contributed by atoms with Crippen molar-refractivity contribution in [2.24, 2.45) is 11.1 Å². The van der Waals surface area contributed by atoms with Crippen LogP contribution in [0.1, 0.15) is 12.8 Å². The SMILES string of the molecule is NC1C(=O)NCC12CCCNC2. The molecule has 2 heterocycles. The average Bonchev–Trinajstić information content (AvgIpc) is 2.37. The fourth-order valence-electron chi connectivity index (χ4n) is 2.17. The second-order valence-corrected chi connectivity index (χ2v) is 3.84. The molecule has 0 aromatic carbocycles. The average molecular weight is 169 g/mol. The Morgan fingerprint density at radius 2 is 2.33 bits per heavy atom. The van der Waals surface area contributed by atoms with Gasteiger partial charge in [-0.1, -0.05) is 0 Å². The van der Waals surface area contributed by atoms with Gasteiger partial charge in [0, 0.05) is 18.5 Å². The highest BCUT2D eigenvalue weighted by molar-refractivity contribution is 5.85. The van der Waals surface area contributed by atoms with E-state index in [9.17, 15) is 4.79 Å². The van der Waals surface area contributed by atoms with Crippen LogP contribution >= 0.6 is 0 Å². The first-order chi connectivity index (χ1) is 5.75. The number of amides is 1. The summed E-state index contributed by atoms with van der Waals surface area (Å²) in [4.78, 5) is 11.2. The fourth-order valence-corrected chi connectivity index (χ4v) is 2.17. The number of hydrogen-bond acceptors (Lipinski definition) is 3. The molecule has 2 saturated heterocycles. The Morgan fingerprint density at radius 1 is 1.50 bits per heavy atom. The van der Waals surface area contributed by atoms with Crippen molar-refractivity contribution in [1.82, 2.24) is 10.6 Å². The number of nitrogens with two attached hydrogens (primary N) is 1. The van der Waals surface area contributed by atoms with Gasteiger partial charge in [0.1, 0.15) is 0 Å². The van der Waals surface area contributed by atoms with Crippen molar-refractivity contribution < 1.29 is 4.79 Å². The highest BCUT2D eigenvalue weighted by Gasteiger charge is 2.46. The van der Waals surface area contributed by atoms with E-state index in [1.807, 2.05) is 0 Å². The molecular weight excluding hydrogens is 154 g/mol. The van der Waals surface area contributed by atoms with Gasteiger partial charge in [-0.15, -0.1) is 0 Å². The molecule has 0 bridgehead atoms. The van der Waals surface area contributed by atoms with Gasteiger partial charge in [0.05, 0.1) is 6.04 Å². The highest BCUT2D eigenvalue weighted by Crippen LogP contribution is 2.31. The molecule has 12 heavy (non-hydrogen) atoms. The molecule has 1 spiro atoms. The van der Waals surface area contributed by atoms with Crippen LogP contribution in [0, 0.1) is 5.41 Å². The summed E-state index contributed by atoms with van der Waals surface area (Å²) < 4.78 is 0. The number of piperidine rings is 1. The quantitative estimate of drug-likeness (QED) is 0.427. The molecule has 0 aromatic heterocycles. The molecule has 2 rings (SSSR count). The summed E-state index contributed by atoms with van der Waals surface area (Å²) in [5.41, 5.74) is 5.85. The van der Waals surface area contributed by atoms with Gasteiger partial charge in [-0.3, -0.25) is 4.79 Å². The van der Waals surface area contributed by atoms with Crippen LogP contribution in [-0.2, 0) is 4.79 Å². The van der Waals surface area contributed by atoms with Gasteiger partial charge in [0.15, 0.2) is 0 Å². The highest BCUT2D eigenvalue weighted by atomic mass is 16.2. The van der Waals surface area contributed by atoms with Gasteiger partial charge in [0.2, 0.25) is 5.91 Å². The van der Waals surface area contributed by atoms with Crippen LogP contribution in [0.15, 0.2) is 0 Å². The number of nitrogens with one attached hydrogen (secondary N) is 2. The number of carbonyl (C=O) groups excluding carboxylic acids is 1. The van der Waals surface area contributed by atoms with Crippen LogP contribution in [0.2, 0.25) is 0 Å². The zero-order valence-electron chi connectivity index (χ0n) is 7.10. The lowest BCUT2D eigenvalue weighted by Gasteiger charge is -2.35. The number of carbonyl (C=O) groups is 1. The first-order valence-electron chi connectivity index (χ1n) is 4.49. The number of hydrogen-bond donors (Lipinski definition) is 3. The molecule has 0 aliphatic carbocycles. The van der Waals surface area contributed by atoms with E-state index >= 15 is 0 Å². The molecule has 2 atom stereocenters. The van der Waals surface area contributed by atoms with Gasteiger partial charge in [0.25, 0.3) is 0 Å². The van der Waals surface area contributed by atoms with Crippen molar-refractivity contribution in [1.29, 1.82) is 0 Å². The molecule has 2 aliphatic rings. The summed E-state index contributed by atoms with van der Waals surface area (Å²) in [5.74, 6) is 0.0127. The van der Waals surface area contributed by atoms with Crippen molar-refractivity contribution in [2.45, 2.75) is 18.9 Å². The molecule has 68 valence electrons. The Labute approximate surface area is 71.9 Å². The van der Waals surface area contributed by atoms with Crippen molar-refractivity contribution in [3.05, 3.63) is 0 Å². The van der Waals surface area contributed by atoms with E-state index in [4.69, 9.17) is 5.73 Å². The summed E-state index contributed by atoms with van der Waals surface area (Å²) in [5, 5.41) is 6.12. The lowest BCUT2D eigenvalue weighted by atomic mass is 9.77. The van der Waals surface area contributed by atoms with E-state index in [-0.39, 0.29) is 17.4 Å². The maximum absolute atomic E-state index is 11.2. The van der Waals surface area contributed by atoms with E-state index in [2.05, 4.69) is 10.6 Å². The molecule has 2 unspecified atom stereocenters. The Hall–Kier alpha value is -0.610. The normalized spacial score (nSPS) is 41.8. The van der Waals surface area contributed by atoms with E-state index < -0.39 is 0 Å². The smallest absolute Gasteiger partial charge is 0.237 e. The number of rotatable bonds is 0. The first-order valence-corrected chi connectivity index (χ1v) is 4.49. The monoisotopic (exact) mass is 169 g/mol. The van der Waals surface area contributed by atoms with Crippen LogP contribution < -0.4 is 16.4 Å².